The summed E-state index contributed by atoms with van der Waals surface area (Å²) in [4.78, 5) is 0. The van der Waals surface area contributed by atoms with Gasteiger partial charge >= 0.3 is 0 Å². The molecule has 1 saturated carbocycles. The Kier molecular flexibility index (Phi) is 3.71. The van der Waals surface area contributed by atoms with Crippen LogP contribution in [0.25, 0.3) is 0 Å². The Morgan fingerprint density at radius 2 is 2.00 bits per heavy atom. The zero-order valence-electron chi connectivity index (χ0n) is 11.1. The molecule has 1 fully saturated rings. The number of nitrogens with one attached hydrogen (secondary N) is 2. The Morgan fingerprint density at radius 1 is 1.20 bits per heavy atom. The molecule has 110 valence electrons. The predicted octanol–water partition coefficient (Wildman–Crippen LogP) is 1.30. The highest BCUT2D eigenvalue weighted by atomic mass is 32.2. The van der Waals surface area contributed by atoms with E-state index in [-0.39, 0.29) is 12.5 Å². The second-order valence-corrected chi connectivity index (χ2v) is 6.91. The highest BCUT2D eigenvalue weighted by Crippen LogP contribution is 2.34. The lowest BCUT2D eigenvalue weighted by molar-refractivity contribution is 0.174. The highest BCUT2D eigenvalue weighted by molar-refractivity contribution is 7.92. The van der Waals surface area contributed by atoms with Crippen LogP contribution < -0.4 is 19.5 Å². The van der Waals surface area contributed by atoms with Gasteiger partial charge in [-0.25, -0.2) is 8.42 Å². The van der Waals surface area contributed by atoms with Gasteiger partial charge in [0, 0.05) is 12.1 Å². The van der Waals surface area contributed by atoms with Crippen molar-refractivity contribution in [1.82, 2.24) is 5.32 Å². The molecule has 1 aromatic carbocycles. The van der Waals surface area contributed by atoms with E-state index >= 15 is 0 Å². The van der Waals surface area contributed by atoms with Gasteiger partial charge in [-0.05, 0) is 37.9 Å². The molecule has 0 unspecified atom stereocenters. The number of hydrogen-bond donors (Lipinski definition) is 2. The Hall–Kier alpha value is -1.47. The highest BCUT2D eigenvalue weighted by Gasteiger charge is 2.20. The first-order chi connectivity index (χ1) is 9.62. The van der Waals surface area contributed by atoms with E-state index in [0.29, 0.717) is 29.6 Å². The molecule has 1 aromatic rings. The maximum absolute atomic E-state index is 11.9. The summed E-state index contributed by atoms with van der Waals surface area (Å²) in [6, 6.07) is 5.63. The zero-order chi connectivity index (χ0) is 14.0. The van der Waals surface area contributed by atoms with Gasteiger partial charge in [0.05, 0.1) is 11.4 Å². The molecule has 0 spiro atoms. The molecule has 2 N–H and O–H groups in total. The Morgan fingerprint density at radius 3 is 2.80 bits per heavy atom. The molecule has 1 heterocycles. The maximum Gasteiger partial charge on any atom is 0.232 e. The molecule has 0 radical (unpaired) electrons. The van der Waals surface area contributed by atoms with Crippen molar-refractivity contribution in [1.29, 1.82) is 0 Å². The molecule has 2 aliphatic rings. The fourth-order valence-corrected chi connectivity index (χ4v) is 3.16. The Balaban J connectivity index is 1.52. The van der Waals surface area contributed by atoms with Crippen LogP contribution >= 0.6 is 0 Å². The quantitative estimate of drug-likeness (QED) is 0.742. The predicted molar refractivity (Wildman–Crippen MR) is 75.6 cm³/mol. The molecule has 0 saturated heterocycles. The number of anilines is 1. The zero-order valence-corrected chi connectivity index (χ0v) is 11.9. The van der Waals surface area contributed by atoms with Crippen LogP contribution in [0.3, 0.4) is 0 Å². The summed E-state index contributed by atoms with van der Waals surface area (Å²) in [6.45, 7) is 0.922. The van der Waals surface area contributed by atoms with Gasteiger partial charge in [0.2, 0.25) is 16.8 Å². The second-order valence-electron chi connectivity index (χ2n) is 5.07. The lowest BCUT2D eigenvalue weighted by atomic mass is 10.3. The molecule has 3 rings (SSSR count). The van der Waals surface area contributed by atoms with E-state index in [2.05, 4.69) is 10.0 Å². The van der Waals surface area contributed by atoms with Crippen LogP contribution in [0.1, 0.15) is 19.3 Å². The minimum Gasteiger partial charge on any atom is -0.454 e. The molecule has 0 aromatic heterocycles. The Labute approximate surface area is 118 Å². The molecular formula is C13H18N2O4S. The van der Waals surface area contributed by atoms with Crippen molar-refractivity contribution < 1.29 is 17.9 Å². The van der Waals surface area contributed by atoms with E-state index in [1.165, 1.54) is 12.8 Å². The molecule has 0 amide bonds. The SMILES string of the molecule is O=S(=O)(CCCNC1CC1)Nc1ccc2c(c1)OCO2. The second kappa shape index (κ2) is 5.49. The molecule has 0 bridgehead atoms. The first kappa shape index (κ1) is 13.5. The van der Waals surface area contributed by atoms with Crippen LogP contribution in [0, 0.1) is 0 Å². The fourth-order valence-electron chi connectivity index (χ4n) is 2.05. The number of fused-ring (bicyclic) bond motifs is 1. The summed E-state index contributed by atoms with van der Waals surface area (Å²) in [7, 11) is -3.32. The van der Waals surface area contributed by atoms with Gasteiger partial charge in [-0.1, -0.05) is 0 Å². The van der Waals surface area contributed by atoms with Gasteiger partial charge in [0.1, 0.15) is 0 Å². The summed E-state index contributed by atoms with van der Waals surface area (Å²) in [5.74, 6) is 1.32. The molecule has 1 aliphatic carbocycles. The third-order valence-corrected chi connectivity index (χ3v) is 4.62. The van der Waals surface area contributed by atoms with Crippen LogP contribution in [0.2, 0.25) is 0 Å². The standard InChI is InChI=1S/C13H18N2O4S/c16-20(17,7-1-6-14-10-2-3-10)15-11-4-5-12-13(8-11)19-9-18-12/h4-5,8,10,14-15H,1-3,6-7,9H2. The minimum atomic E-state index is -3.32. The number of sulfonamides is 1. The van der Waals surface area contributed by atoms with E-state index in [1.807, 2.05) is 0 Å². The van der Waals surface area contributed by atoms with Crippen LogP contribution in [0.15, 0.2) is 18.2 Å². The third-order valence-electron chi connectivity index (χ3n) is 3.25. The fraction of sp³-hybridized carbons (Fsp3) is 0.538. The van der Waals surface area contributed by atoms with Crippen LogP contribution in [-0.2, 0) is 10.0 Å². The molecule has 0 atom stereocenters. The van der Waals surface area contributed by atoms with Crippen molar-refractivity contribution in [3.63, 3.8) is 0 Å². The van der Waals surface area contributed by atoms with Crippen LogP contribution in [-0.4, -0.2) is 33.6 Å². The topological polar surface area (TPSA) is 76.7 Å². The molecule has 7 heteroatoms. The third kappa shape index (κ3) is 3.55. The van der Waals surface area contributed by atoms with Gasteiger partial charge in [-0.15, -0.1) is 0 Å². The lowest BCUT2D eigenvalue weighted by Crippen LogP contribution is -2.23. The van der Waals surface area contributed by atoms with Crippen molar-refractivity contribution >= 4 is 15.7 Å². The van der Waals surface area contributed by atoms with Gasteiger partial charge < -0.3 is 14.8 Å². The van der Waals surface area contributed by atoms with Crippen molar-refractivity contribution in [2.45, 2.75) is 25.3 Å². The lowest BCUT2D eigenvalue weighted by Gasteiger charge is -2.09. The summed E-state index contributed by atoms with van der Waals surface area (Å²) >= 11 is 0. The van der Waals surface area contributed by atoms with E-state index < -0.39 is 10.0 Å². The summed E-state index contributed by atoms with van der Waals surface area (Å²) in [6.07, 6.45) is 3.03. The van der Waals surface area contributed by atoms with Crippen LogP contribution in [0.4, 0.5) is 5.69 Å². The summed E-state index contributed by atoms with van der Waals surface area (Å²) in [5, 5.41) is 3.30. The number of benzene rings is 1. The van der Waals surface area contributed by atoms with Crippen LogP contribution in [0.5, 0.6) is 11.5 Å². The first-order valence-corrected chi connectivity index (χ1v) is 8.41. The normalized spacial score (nSPS) is 17.2. The number of hydrogen-bond acceptors (Lipinski definition) is 5. The smallest absolute Gasteiger partial charge is 0.232 e. The summed E-state index contributed by atoms with van der Waals surface area (Å²) < 4.78 is 36.9. The first-order valence-electron chi connectivity index (χ1n) is 6.76. The Bertz CT molecular complexity index is 584. The van der Waals surface area contributed by atoms with E-state index in [9.17, 15) is 8.42 Å². The monoisotopic (exact) mass is 298 g/mol. The van der Waals surface area contributed by atoms with E-state index in [1.54, 1.807) is 18.2 Å². The van der Waals surface area contributed by atoms with Crippen molar-refractivity contribution in [2.75, 3.05) is 23.8 Å². The number of rotatable bonds is 7. The van der Waals surface area contributed by atoms with Crippen molar-refractivity contribution in [3.05, 3.63) is 18.2 Å². The van der Waals surface area contributed by atoms with Crippen molar-refractivity contribution in [3.8, 4) is 11.5 Å². The van der Waals surface area contributed by atoms with Gasteiger partial charge in [0.25, 0.3) is 0 Å². The molecular weight excluding hydrogens is 280 g/mol. The molecule has 1 aliphatic heterocycles. The van der Waals surface area contributed by atoms with Gasteiger partial charge in [-0.2, -0.15) is 0 Å². The van der Waals surface area contributed by atoms with E-state index in [0.717, 1.165) is 6.54 Å². The average Bonchev–Trinajstić information content (AvgIpc) is 3.11. The molecule has 6 nitrogen and oxygen atoms in total. The molecule has 20 heavy (non-hydrogen) atoms. The maximum atomic E-state index is 11.9. The average molecular weight is 298 g/mol. The van der Waals surface area contributed by atoms with Gasteiger partial charge in [-0.3, -0.25) is 4.72 Å². The number of ether oxygens (including phenoxy) is 2. The summed E-state index contributed by atoms with van der Waals surface area (Å²) in [5.41, 5.74) is 0.504. The largest absolute Gasteiger partial charge is 0.454 e. The van der Waals surface area contributed by atoms with Crippen molar-refractivity contribution in [2.24, 2.45) is 0 Å². The van der Waals surface area contributed by atoms with E-state index in [4.69, 9.17) is 9.47 Å². The minimum absolute atomic E-state index is 0.112. The van der Waals surface area contributed by atoms with Gasteiger partial charge in [0.15, 0.2) is 11.5 Å².